The van der Waals surface area contributed by atoms with E-state index < -0.39 is 5.97 Å². The number of anilines is 1. The fraction of sp³-hybridized carbons (Fsp3) is 0.417. The van der Waals surface area contributed by atoms with Crippen LogP contribution in [0.2, 0.25) is 0 Å². The minimum atomic E-state index is -0.577. The molecule has 0 unspecified atom stereocenters. The molecule has 2 aromatic rings. The van der Waals surface area contributed by atoms with Crippen LogP contribution in [0.3, 0.4) is 0 Å². The second kappa shape index (κ2) is 10.1. The van der Waals surface area contributed by atoms with Gasteiger partial charge in [-0.05, 0) is 40.8 Å². The highest BCUT2D eigenvalue weighted by Gasteiger charge is 2.15. The van der Waals surface area contributed by atoms with Gasteiger partial charge in [0.05, 0.1) is 0 Å². The van der Waals surface area contributed by atoms with E-state index in [1.807, 2.05) is 67.5 Å². The zero-order valence-corrected chi connectivity index (χ0v) is 18.8. The number of benzene rings is 2. The zero-order valence-electron chi connectivity index (χ0n) is 18.8. The number of hydrogen-bond acceptors (Lipinski definition) is 5. The van der Waals surface area contributed by atoms with Gasteiger partial charge in [0.1, 0.15) is 5.75 Å². The highest BCUT2D eigenvalue weighted by atomic mass is 16.6. The first-order valence-corrected chi connectivity index (χ1v) is 9.95. The van der Waals surface area contributed by atoms with Gasteiger partial charge in [-0.3, -0.25) is 4.79 Å². The monoisotopic (exact) mass is 412 g/mol. The fourth-order valence-corrected chi connectivity index (χ4v) is 2.75. The molecule has 0 bridgehead atoms. The van der Waals surface area contributed by atoms with E-state index in [1.54, 1.807) is 7.05 Å². The van der Waals surface area contributed by atoms with Gasteiger partial charge in [0.15, 0.2) is 13.2 Å². The summed E-state index contributed by atoms with van der Waals surface area (Å²) in [5.41, 5.74) is 3.33. The van der Waals surface area contributed by atoms with E-state index in [0.717, 1.165) is 11.3 Å². The van der Waals surface area contributed by atoms with Crippen LogP contribution in [0.1, 0.15) is 31.9 Å². The maximum absolute atomic E-state index is 12.2. The summed E-state index contributed by atoms with van der Waals surface area (Å²) in [6.07, 6.45) is 0. The van der Waals surface area contributed by atoms with Crippen LogP contribution in [0, 0.1) is 0 Å². The summed E-state index contributed by atoms with van der Waals surface area (Å²) in [5, 5.41) is 0. The Morgan fingerprint density at radius 1 is 0.867 bits per heavy atom. The Labute approximate surface area is 179 Å². The first-order chi connectivity index (χ1) is 14.1. The van der Waals surface area contributed by atoms with Crippen molar-refractivity contribution in [3.8, 4) is 5.75 Å². The molecule has 0 aromatic heterocycles. The number of hydrogen-bond donors (Lipinski definition) is 0. The lowest BCUT2D eigenvalue weighted by molar-refractivity contribution is -0.153. The molecule has 2 aromatic carbocycles. The molecule has 0 aliphatic heterocycles. The third-order valence-electron chi connectivity index (χ3n) is 4.73. The molecule has 162 valence electrons. The van der Waals surface area contributed by atoms with E-state index in [1.165, 1.54) is 10.5 Å². The van der Waals surface area contributed by atoms with Crippen molar-refractivity contribution < 1.29 is 19.1 Å². The minimum Gasteiger partial charge on any atom is -0.482 e. The largest absolute Gasteiger partial charge is 0.482 e. The van der Waals surface area contributed by atoms with Gasteiger partial charge < -0.3 is 19.3 Å². The molecule has 0 saturated carbocycles. The van der Waals surface area contributed by atoms with Crippen molar-refractivity contribution in [3.63, 3.8) is 0 Å². The lowest BCUT2D eigenvalue weighted by Gasteiger charge is -2.19. The Kier molecular flexibility index (Phi) is 7.86. The minimum absolute atomic E-state index is 0.0538. The Hall–Kier alpha value is -3.02. The molecule has 0 radical (unpaired) electrons. The number of rotatable bonds is 8. The third-order valence-corrected chi connectivity index (χ3v) is 4.73. The van der Waals surface area contributed by atoms with Crippen molar-refractivity contribution in [2.24, 2.45) is 0 Å². The maximum Gasteiger partial charge on any atom is 0.344 e. The van der Waals surface area contributed by atoms with Gasteiger partial charge in [0.2, 0.25) is 0 Å². The normalized spacial score (nSPS) is 11.0. The van der Waals surface area contributed by atoms with Crippen molar-refractivity contribution >= 4 is 17.6 Å². The van der Waals surface area contributed by atoms with Gasteiger partial charge in [0, 0.05) is 33.4 Å². The second-order valence-electron chi connectivity index (χ2n) is 8.53. The number of amides is 1. The first-order valence-electron chi connectivity index (χ1n) is 9.95. The molecule has 1 amide bonds. The number of nitrogens with zero attached hydrogens (tertiary/aromatic N) is 2. The predicted molar refractivity (Wildman–Crippen MR) is 119 cm³/mol. The molecule has 0 atom stereocenters. The third kappa shape index (κ3) is 7.10. The number of carbonyl (C=O) groups excluding carboxylic acids is 2. The summed E-state index contributed by atoms with van der Waals surface area (Å²) in [7, 11) is 5.64. The molecule has 0 N–H and O–H groups in total. The molecule has 0 spiro atoms. The SMILES string of the molecule is CN(Cc1ccc(N(C)C)cc1)C(=O)COC(=O)COc1ccc(C(C)(C)C)cc1. The van der Waals surface area contributed by atoms with Crippen LogP contribution in [0.5, 0.6) is 5.75 Å². The first kappa shape index (κ1) is 23.3. The Bertz CT molecular complexity index is 837. The quantitative estimate of drug-likeness (QED) is 0.620. The zero-order chi connectivity index (χ0) is 22.3. The van der Waals surface area contributed by atoms with Crippen LogP contribution in [0.25, 0.3) is 0 Å². The summed E-state index contributed by atoms with van der Waals surface area (Å²) < 4.78 is 10.5. The van der Waals surface area contributed by atoms with Gasteiger partial charge in [-0.1, -0.05) is 45.0 Å². The van der Waals surface area contributed by atoms with Gasteiger partial charge >= 0.3 is 5.97 Å². The average Bonchev–Trinajstić information content (AvgIpc) is 2.70. The molecule has 0 saturated heterocycles. The van der Waals surface area contributed by atoms with Gasteiger partial charge in [0.25, 0.3) is 5.91 Å². The van der Waals surface area contributed by atoms with Crippen molar-refractivity contribution in [1.82, 2.24) is 4.90 Å². The maximum atomic E-state index is 12.2. The molecule has 0 aliphatic rings. The molecule has 0 fully saturated rings. The van der Waals surface area contributed by atoms with Crippen LogP contribution in [0.15, 0.2) is 48.5 Å². The van der Waals surface area contributed by atoms with E-state index in [4.69, 9.17) is 9.47 Å². The summed E-state index contributed by atoms with van der Waals surface area (Å²) >= 11 is 0. The van der Waals surface area contributed by atoms with Gasteiger partial charge in [-0.2, -0.15) is 0 Å². The summed E-state index contributed by atoms with van der Waals surface area (Å²) in [6, 6.07) is 15.6. The summed E-state index contributed by atoms with van der Waals surface area (Å²) in [5.74, 6) is -0.258. The molecule has 6 heteroatoms. The molecular weight excluding hydrogens is 380 g/mol. The smallest absolute Gasteiger partial charge is 0.344 e. The average molecular weight is 413 g/mol. The highest BCUT2D eigenvalue weighted by Crippen LogP contribution is 2.24. The summed E-state index contributed by atoms with van der Waals surface area (Å²) in [4.78, 5) is 27.7. The number of ether oxygens (including phenoxy) is 2. The molecule has 6 nitrogen and oxygen atoms in total. The molecule has 0 aliphatic carbocycles. The summed E-state index contributed by atoms with van der Waals surface area (Å²) in [6.45, 7) is 6.29. The van der Waals surface area contributed by atoms with E-state index in [2.05, 4.69) is 20.8 Å². The van der Waals surface area contributed by atoms with Crippen LogP contribution in [-0.2, 0) is 26.3 Å². The fourth-order valence-electron chi connectivity index (χ4n) is 2.75. The van der Waals surface area contributed by atoms with Crippen molar-refractivity contribution in [1.29, 1.82) is 0 Å². The lowest BCUT2D eigenvalue weighted by Crippen LogP contribution is -2.31. The highest BCUT2D eigenvalue weighted by molar-refractivity contribution is 5.80. The Balaban J connectivity index is 1.74. The van der Waals surface area contributed by atoms with E-state index in [-0.39, 0.29) is 24.5 Å². The predicted octanol–water partition coefficient (Wildman–Crippen LogP) is 3.63. The molecule has 0 heterocycles. The van der Waals surface area contributed by atoms with Crippen LogP contribution in [-0.4, -0.2) is 51.1 Å². The topological polar surface area (TPSA) is 59.1 Å². The van der Waals surface area contributed by atoms with Gasteiger partial charge in [-0.25, -0.2) is 4.79 Å². The molecule has 2 rings (SSSR count). The Morgan fingerprint density at radius 3 is 2.00 bits per heavy atom. The van der Waals surface area contributed by atoms with Crippen molar-refractivity contribution in [2.45, 2.75) is 32.7 Å². The van der Waals surface area contributed by atoms with Crippen LogP contribution < -0.4 is 9.64 Å². The number of carbonyl (C=O) groups is 2. The van der Waals surface area contributed by atoms with Gasteiger partial charge in [-0.15, -0.1) is 0 Å². The number of likely N-dealkylation sites (N-methyl/N-ethyl adjacent to an activating group) is 1. The van der Waals surface area contributed by atoms with E-state index in [0.29, 0.717) is 12.3 Å². The molecule has 30 heavy (non-hydrogen) atoms. The standard InChI is InChI=1S/C24H32N2O4/c1-24(2,3)19-9-13-21(14-10-19)29-17-23(28)30-16-22(27)26(6)15-18-7-11-20(12-8-18)25(4)5/h7-14H,15-17H2,1-6H3. The lowest BCUT2D eigenvalue weighted by atomic mass is 9.87. The van der Waals surface area contributed by atoms with E-state index in [9.17, 15) is 9.59 Å². The van der Waals surface area contributed by atoms with E-state index >= 15 is 0 Å². The number of esters is 1. The Morgan fingerprint density at radius 2 is 1.47 bits per heavy atom. The van der Waals surface area contributed by atoms with Crippen LogP contribution >= 0.6 is 0 Å². The van der Waals surface area contributed by atoms with Crippen LogP contribution in [0.4, 0.5) is 5.69 Å². The van der Waals surface area contributed by atoms with Crippen molar-refractivity contribution in [2.75, 3.05) is 39.3 Å². The second-order valence-corrected chi connectivity index (χ2v) is 8.53. The van der Waals surface area contributed by atoms with Crippen molar-refractivity contribution in [3.05, 3.63) is 59.7 Å². The molecular formula is C24H32N2O4.